The van der Waals surface area contributed by atoms with Crippen molar-refractivity contribution in [3.63, 3.8) is 0 Å². The number of hydrogen-bond acceptors (Lipinski definition) is 5. The Kier molecular flexibility index (Phi) is 8.30. The van der Waals surface area contributed by atoms with Crippen molar-refractivity contribution in [2.24, 2.45) is 5.92 Å². The van der Waals surface area contributed by atoms with Crippen LogP contribution < -0.4 is 0 Å². The molecule has 2 aromatic rings. The average molecular weight is 439 g/mol. The molecule has 0 radical (unpaired) electrons. The molecule has 7 heteroatoms. The van der Waals surface area contributed by atoms with Gasteiger partial charge in [0.2, 0.25) is 0 Å². The van der Waals surface area contributed by atoms with E-state index in [2.05, 4.69) is 4.90 Å². The number of hydrogen-bond donors (Lipinski definition) is 1. The fraction of sp³-hybridized carbons (Fsp3) is 0.440. The van der Waals surface area contributed by atoms with Gasteiger partial charge in [0, 0.05) is 37.3 Å². The van der Waals surface area contributed by atoms with Crippen molar-refractivity contribution in [2.75, 3.05) is 26.2 Å². The molecule has 0 spiro atoms. The Morgan fingerprint density at radius 2 is 1.50 bits per heavy atom. The maximum atomic E-state index is 14.5. The van der Waals surface area contributed by atoms with Gasteiger partial charge in [-0.3, -0.25) is 4.90 Å². The van der Waals surface area contributed by atoms with Crippen LogP contribution in [0.15, 0.2) is 36.4 Å². The molecule has 1 unspecified atom stereocenters. The van der Waals surface area contributed by atoms with Crippen LogP contribution in [0.3, 0.4) is 0 Å². The molecule has 0 aliphatic carbocycles. The van der Waals surface area contributed by atoms with Crippen LogP contribution in [0, 0.1) is 40.2 Å². The molecule has 2 aromatic carbocycles. The van der Waals surface area contributed by atoms with Gasteiger partial charge >= 0.3 is 0 Å². The molecule has 1 fully saturated rings. The molecule has 1 saturated heterocycles. The second kappa shape index (κ2) is 11.2. The summed E-state index contributed by atoms with van der Waals surface area (Å²) in [6, 6.07) is 12.6. The van der Waals surface area contributed by atoms with E-state index < -0.39 is 11.6 Å². The van der Waals surface area contributed by atoms with Crippen LogP contribution in [0.2, 0.25) is 0 Å². The van der Waals surface area contributed by atoms with Gasteiger partial charge in [0.05, 0.1) is 29.4 Å². The fourth-order valence-corrected chi connectivity index (χ4v) is 4.29. The van der Waals surface area contributed by atoms with Crippen molar-refractivity contribution < 1.29 is 13.9 Å². The highest BCUT2D eigenvalue weighted by Gasteiger charge is 2.23. The van der Waals surface area contributed by atoms with E-state index in [0.717, 1.165) is 25.9 Å². The Labute approximate surface area is 188 Å². The normalized spacial score (nSPS) is 16.0. The molecule has 0 saturated carbocycles. The highest BCUT2D eigenvalue weighted by atomic mass is 19.1. The number of nitriles is 2. The number of likely N-dealkylation sites (tertiary alicyclic amines) is 1. The number of piperidine rings is 1. The van der Waals surface area contributed by atoms with E-state index in [9.17, 15) is 24.4 Å². The van der Waals surface area contributed by atoms with Crippen LogP contribution in [-0.4, -0.2) is 47.2 Å². The lowest BCUT2D eigenvalue weighted by atomic mass is 9.95. The lowest BCUT2D eigenvalue weighted by Gasteiger charge is -2.35. The van der Waals surface area contributed by atoms with Crippen LogP contribution in [0.1, 0.15) is 42.0 Å². The smallest absolute Gasteiger partial charge is 0.127 e. The Morgan fingerprint density at radius 3 is 1.94 bits per heavy atom. The lowest BCUT2D eigenvalue weighted by Crippen LogP contribution is -2.41. The van der Waals surface area contributed by atoms with E-state index in [1.54, 1.807) is 6.92 Å². The minimum absolute atomic E-state index is 0.242. The average Bonchev–Trinajstić information content (AvgIpc) is 2.77. The molecule has 0 bridgehead atoms. The van der Waals surface area contributed by atoms with Gasteiger partial charge < -0.3 is 10.0 Å². The zero-order valence-electron chi connectivity index (χ0n) is 18.3. The van der Waals surface area contributed by atoms with E-state index >= 15 is 0 Å². The van der Waals surface area contributed by atoms with Gasteiger partial charge in [-0.25, -0.2) is 8.78 Å². The Balaban J connectivity index is 1.77. The monoisotopic (exact) mass is 438 g/mol. The molecule has 0 amide bonds. The SMILES string of the molecule is CC(O)CN1CCC(CN(Cc2cc(C#N)ccc2F)Cc2cc(C#N)ccc2F)CC1. The third kappa shape index (κ3) is 6.58. The van der Waals surface area contributed by atoms with E-state index in [-0.39, 0.29) is 19.2 Å². The van der Waals surface area contributed by atoms with Gasteiger partial charge in [-0.05, 0) is 75.2 Å². The van der Waals surface area contributed by atoms with Crippen LogP contribution >= 0.6 is 0 Å². The van der Waals surface area contributed by atoms with Crippen molar-refractivity contribution >= 4 is 0 Å². The molecule has 1 aliphatic heterocycles. The molecule has 168 valence electrons. The minimum atomic E-state index is -0.396. The van der Waals surface area contributed by atoms with E-state index in [4.69, 9.17) is 0 Å². The quantitative estimate of drug-likeness (QED) is 0.679. The number of benzene rings is 2. The molecule has 1 atom stereocenters. The van der Waals surface area contributed by atoms with Gasteiger partial charge in [-0.15, -0.1) is 0 Å². The Hall–Kier alpha value is -2.84. The summed E-state index contributed by atoms with van der Waals surface area (Å²) in [5.74, 6) is -0.441. The first-order chi connectivity index (χ1) is 15.4. The van der Waals surface area contributed by atoms with E-state index in [1.165, 1.54) is 36.4 Å². The van der Waals surface area contributed by atoms with Crippen molar-refractivity contribution in [3.8, 4) is 12.1 Å². The molecule has 0 aromatic heterocycles. The third-order valence-corrected chi connectivity index (χ3v) is 5.88. The first-order valence-corrected chi connectivity index (χ1v) is 10.9. The Bertz CT molecular complexity index is 938. The summed E-state index contributed by atoms with van der Waals surface area (Å²) >= 11 is 0. The molecule has 1 heterocycles. The number of rotatable bonds is 8. The largest absolute Gasteiger partial charge is 0.392 e. The van der Waals surface area contributed by atoms with Crippen LogP contribution in [0.25, 0.3) is 0 Å². The van der Waals surface area contributed by atoms with Crippen LogP contribution in [0.4, 0.5) is 8.78 Å². The van der Waals surface area contributed by atoms with Crippen LogP contribution in [0.5, 0.6) is 0 Å². The molecule has 32 heavy (non-hydrogen) atoms. The summed E-state index contributed by atoms with van der Waals surface area (Å²) in [7, 11) is 0. The Morgan fingerprint density at radius 1 is 1.00 bits per heavy atom. The first kappa shape index (κ1) is 23.8. The standard InChI is InChI=1S/C25H28F2N4O/c1-18(32)14-30-8-6-19(7-9-30)15-31(16-22-10-20(12-28)2-4-24(22)26)17-23-11-21(13-29)3-5-25(23)27/h2-5,10-11,18-19,32H,6-9,14-17H2,1H3. The number of halogens is 2. The van der Waals surface area contributed by atoms with Crippen LogP contribution in [-0.2, 0) is 13.1 Å². The maximum Gasteiger partial charge on any atom is 0.127 e. The van der Waals surface area contributed by atoms with Crippen molar-refractivity contribution in [1.82, 2.24) is 9.80 Å². The fourth-order valence-electron chi connectivity index (χ4n) is 4.29. The molecular formula is C25H28F2N4O. The zero-order chi connectivity index (χ0) is 23.1. The lowest BCUT2D eigenvalue weighted by molar-refractivity contribution is 0.0872. The van der Waals surface area contributed by atoms with Crippen molar-refractivity contribution in [1.29, 1.82) is 10.5 Å². The number of β-amino-alcohol motifs (C(OH)–C–C–N with tert-alkyl or cyclic N) is 1. The molecular weight excluding hydrogens is 410 g/mol. The number of nitrogens with zero attached hydrogens (tertiary/aromatic N) is 4. The van der Waals surface area contributed by atoms with Gasteiger partial charge in [0.25, 0.3) is 0 Å². The summed E-state index contributed by atoms with van der Waals surface area (Å²) in [4.78, 5) is 4.23. The van der Waals surface area contributed by atoms with Gasteiger partial charge in [0.1, 0.15) is 11.6 Å². The molecule has 3 rings (SSSR count). The van der Waals surface area contributed by atoms with E-state index in [1.807, 2.05) is 17.0 Å². The van der Waals surface area contributed by atoms with E-state index in [0.29, 0.717) is 41.3 Å². The summed E-state index contributed by atoms with van der Waals surface area (Å²) in [6.07, 6.45) is 1.50. The summed E-state index contributed by atoms with van der Waals surface area (Å²) < 4.78 is 28.9. The third-order valence-electron chi connectivity index (χ3n) is 5.88. The predicted octanol–water partition coefficient (Wildman–Crippen LogP) is 3.80. The van der Waals surface area contributed by atoms with Crippen molar-refractivity contribution in [2.45, 2.75) is 39.0 Å². The van der Waals surface area contributed by atoms with Gasteiger partial charge in [-0.1, -0.05) is 0 Å². The summed E-state index contributed by atoms with van der Waals surface area (Å²) in [6.45, 7) is 5.31. The molecule has 1 aliphatic rings. The van der Waals surface area contributed by atoms with Gasteiger partial charge in [-0.2, -0.15) is 10.5 Å². The van der Waals surface area contributed by atoms with Crippen molar-refractivity contribution in [3.05, 3.63) is 70.3 Å². The number of aliphatic hydroxyl groups excluding tert-OH is 1. The zero-order valence-corrected chi connectivity index (χ0v) is 18.3. The summed E-state index contributed by atoms with van der Waals surface area (Å²) in [5.41, 5.74) is 1.55. The highest BCUT2D eigenvalue weighted by molar-refractivity contribution is 5.35. The molecule has 5 nitrogen and oxygen atoms in total. The first-order valence-electron chi connectivity index (χ1n) is 10.9. The second-order valence-electron chi connectivity index (χ2n) is 8.60. The second-order valence-corrected chi connectivity index (χ2v) is 8.60. The maximum absolute atomic E-state index is 14.5. The summed E-state index contributed by atoms with van der Waals surface area (Å²) in [5, 5.41) is 28.0. The molecule has 1 N–H and O–H groups in total. The minimum Gasteiger partial charge on any atom is -0.392 e. The predicted molar refractivity (Wildman–Crippen MR) is 117 cm³/mol. The highest BCUT2D eigenvalue weighted by Crippen LogP contribution is 2.23. The topological polar surface area (TPSA) is 74.3 Å². The van der Waals surface area contributed by atoms with Gasteiger partial charge in [0.15, 0.2) is 0 Å². The number of aliphatic hydroxyl groups is 1.